The minimum Gasteiger partial charge on any atom is -0.350 e. The van der Waals surface area contributed by atoms with Gasteiger partial charge in [-0.2, -0.15) is 0 Å². The molecule has 0 aliphatic carbocycles. The lowest BCUT2D eigenvalue weighted by atomic mass is 10.1. The third-order valence-electron chi connectivity index (χ3n) is 5.49. The molecule has 0 aliphatic heterocycles. The molecule has 0 saturated carbocycles. The summed E-state index contributed by atoms with van der Waals surface area (Å²) >= 11 is 0. The van der Waals surface area contributed by atoms with Crippen molar-refractivity contribution in [1.82, 2.24) is 10.2 Å². The zero-order valence-corrected chi connectivity index (χ0v) is 22.2. The molecule has 2 aromatic rings. The van der Waals surface area contributed by atoms with Crippen LogP contribution in [0.5, 0.6) is 0 Å². The van der Waals surface area contributed by atoms with Gasteiger partial charge in [0, 0.05) is 31.1 Å². The first-order valence-electron chi connectivity index (χ1n) is 11.8. The zero-order valence-electron chi connectivity index (χ0n) is 21.4. The van der Waals surface area contributed by atoms with Crippen LogP contribution < -0.4 is 9.62 Å². The first-order valence-corrected chi connectivity index (χ1v) is 13.6. The Kier molecular flexibility index (Phi) is 9.98. The lowest BCUT2D eigenvalue weighted by Gasteiger charge is -2.32. The molecule has 0 radical (unpaired) electrons. The maximum Gasteiger partial charge on any atom is 0.242 e. The minimum absolute atomic E-state index is 0.0253. The van der Waals surface area contributed by atoms with Crippen LogP contribution in [0.4, 0.5) is 14.5 Å². The van der Waals surface area contributed by atoms with Crippen LogP contribution in [0.2, 0.25) is 0 Å². The number of nitrogens with one attached hydrogen (secondary N) is 1. The summed E-state index contributed by atoms with van der Waals surface area (Å²) in [4.78, 5) is 27.5. The van der Waals surface area contributed by atoms with Crippen molar-refractivity contribution in [3.63, 3.8) is 0 Å². The molecule has 0 bridgehead atoms. The van der Waals surface area contributed by atoms with Crippen molar-refractivity contribution in [3.8, 4) is 0 Å². The van der Waals surface area contributed by atoms with Crippen LogP contribution in [-0.4, -0.2) is 56.1 Å². The average molecular weight is 524 g/mol. The molecule has 1 unspecified atom stereocenters. The number of anilines is 1. The molecule has 36 heavy (non-hydrogen) atoms. The highest BCUT2D eigenvalue weighted by Crippen LogP contribution is 2.21. The molecular formula is C26H35F2N3O4S. The number of hydrogen-bond acceptors (Lipinski definition) is 4. The van der Waals surface area contributed by atoms with Crippen LogP contribution in [-0.2, 0) is 26.0 Å². The maximum atomic E-state index is 13.7. The summed E-state index contributed by atoms with van der Waals surface area (Å²) < 4.78 is 52.5. The molecule has 2 amide bonds. The van der Waals surface area contributed by atoms with Gasteiger partial charge in [0.2, 0.25) is 21.8 Å². The summed E-state index contributed by atoms with van der Waals surface area (Å²) in [6, 6.07) is 11.7. The predicted molar refractivity (Wildman–Crippen MR) is 137 cm³/mol. The molecule has 1 atom stereocenters. The number of sulfonamides is 1. The van der Waals surface area contributed by atoms with E-state index in [9.17, 15) is 26.8 Å². The molecule has 0 spiro atoms. The minimum atomic E-state index is -3.81. The highest BCUT2D eigenvalue weighted by atomic mass is 32.2. The first kappa shape index (κ1) is 29.2. The molecule has 2 aromatic carbocycles. The van der Waals surface area contributed by atoms with Crippen molar-refractivity contribution in [2.75, 3.05) is 23.7 Å². The van der Waals surface area contributed by atoms with E-state index in [0.717, 1.165) is 28.3 Å². The molecule has 0 aromatic heterocycles. The molecule has 198 valence electrons. The molecular weight excluding hydrogens is 488 g/mol. The van der Waals surface area contributed by atoms with Gasteiger partial charge < -0.3 is 10.2 Å². The van der Waals surface area contributed by atoms with E-state index in [1.807, 2.05) is 51.1 Å². The van der Waals surface area contributed by atoms with Gasteiger partial charge in [-0.15, -0.1) is 0 Å². The number of amides is 2. The van der Waals surface area contributed by atoms with Gasteiger partial charge in [0.25, 0.3) is 0 Å². The van der Waals surface area contributed by atoms with Crippen molar-refractivity contribution < 1.29 is 26.8 Å². The van der Waals surface area contributed by atoms with Crippen LogP contribution in [0, 0.1) is 11.6 Å². The number of carbonyl (C=O) groups excluding carboxylic acids is 2. The molecule has 1 N–H and O–H groups in total. The Morgan fingerprint density at radius 2 is 1.64 bits per heavy atom. The second-order valence-corrected chi connectivity index (χ2v) is 11.7. The Bertz CT molecular complexity index is 1150. The highest BCUT2D eigenvalue weighted by molar-refractivity contribution is 7.92. The topological polar surface area (TPSA) is 86.8 Å². The van der Waals surface area contributed by atoms with Gasteiger partial charge >= 0.3 is 0 Å². The summed E-state index contributed by atoms with van der Waals surface area (Å²) in [5, 5.41) is 2.89. The van der Waals surface area contributed by atoms with Gasteiger partial charge in [-0.05, 0) is 58.2 Å². The summed E-state index contributed by atoms with van der Waals surface area (Å²) in [5.41, 5.74) is 0.517. The second kappa shape index (κ2) is 12.3. The molecule has 2 rings (SSSR count). The molecule has 10 heteroatoms. The molecule has 0 heterocycles. The van der Waals surface area contributed by atoms with E-state index < -0.39 is 33.2 Å². The number of rotatable bonds is 11. The maximum absolute atomic E-state index is 13.7. The fourth-order valence-corrected chi connectivity index (χ4v) is 4.65. The number of hydrogen-bond donors (Lipinski definition) is 1. The van der Waals surface area contributed by atoms with Crippen molar-refractivity contribution in [1.29, 1.82) is 0 Å². The van der Waals surface area contributed by atoms with E-state index in [4.69, 9.17) is 0 Å². The van der Waals surface area contributed by atoms with Crippen LogP contribution in [0.15, 0.2) is 48.5 Å². The molecule has 7 nitrogen and oxygen atoms in total. The lowest BCUT2D eigenvalue weighted by molar-refractivity contribution is -0.140. The molecule has 0 aliphatic rings. The summed E-state index contributed by atoms with van der Waals surface area (Å²) in [6.45, 7) is 7.42. The second-order valence-electron chi connectivity index (χ2n) is 9.78. The summed E-state index contributed by atoms with van der Waals surface area (Å²) in [7, 11) is -3.81. The van der Waals surface area contributed by atoms with Crippen LogP contribution in [0.1, 0.15) is 46.1 Å². The van der Waals surface area contributed by atoms with E-state index >= 15 is 0 Å². The van der Waals surface area contributed by atoms with Gasteiger partial charge in [-0.1, -0.05) is 30.3 Å². The third kappa shape index (κ3) is 8.89. The number of nitrogens with zero attached hydrogens (tertiary/aromatic N) is 2. The largest absolute Gasteiger partial charge is 0.350 e. The molecule has 0 saturated heterocycles. The number of carbonyl (C=O) groups is 2. The smallest absolute Gasteiger partial charge is 0.242 e. The van der Waals surface area contributed by atoms with Gasteiger partial charge in [-0.3, -0.25) is 13.9 Å². The average Bonchev–Trinajstić information content (AvgIpc) is 2.77. The van der Waals surface area contributed by atoms with Gasteiger partial charge in [0.15, 0.2) is 11.6 Å². The summed E-state index contributed by atoms with van der Waals surface area (Å²) in [6.07, 6.45) is 1.60. The summed E-state index contributed by atoms with van der Waals surface area (Å²) in [5.74, 6) is -2.84. The fraction of sp³-hybridized carbons (Fsp3) is 0.462. The number of halogens is 2. The fourth-order valence-electron chi connectivity index (χ4n) is 3.69. The van der Waals surface area contributed by atoms with Crippen molar-refractivity contribution in [2.24, 2.45) is 0 Å². The SMILES string of the molecule is CC(C(=O)NC(C)(C)C)N(CCc1ccccc1)C(=O)CCCN(c1ccc(F)c(F)c1)S(C)(=O)=O. The Morgan fingerprint density at radius 1 is 1.00 bits per heavy atom. The van der Waals surface area contributed by atoms with E-state index in [2.05, 4.69) is 5.32 Å². The third-order valence-corrected chi connectivity index (χ3v) is 6.69. The highest BCUT2D eigenvalue weighted by Gasteiger charge is 2.28. The van der Waals surface area contributed by atoms with E-state index in [1.165, 1.54) is 11.0 Å². The quantitative estimate of drug-likeness (QED) is 0.484. The Balaban J connectivity index is 2.14. The van der Waals surface area contributed by atoms with E-state index in [-0.39, 0.29) is 36.9 Å². The first-order chi connectivity index (χ1) is 16.7. The lowest BCUT2D eigenvalue weighted by Crippen LogP contribution is -2.53. The van der Waals surface area contributed by atoms with Crippen molar-refractivity contribution >= 4 is 27.5 Å². The number of benzene rings is 2. The van der Waals surface area contributed by atoms with Gasteiger partial charge in [0.1, 0.15) is 6.04 Å². The van der Waals surface area contributed by atoms with Crippen LogP contribution in [0.3, 0.4) is 0 Å². The van der Waals surface area contributed by atoms with Crippen molar-refractivity contribution in [2.45, 2.75) is 58.5 Å². The van der Waals surface area contributed by atoms with Crippen LogP contribution in [0.25, 0.3) is 0 Å². The molecule has 0 fully saturated rings. The van der Waals surface area contributed by atoms with Gasteiger partial charge in [0.05, 0.1) is 11.9 Å². The Morgan fingerprint density at radius 3 is 2.19 bits per heavy atom. The zero-order chi connectivity index (χ0) is 27.1. The monoisotopic (exact) mass is 523 g/mol. The van der Waals surface area contributed by atoms with E-state index in [0.29, 0.717) is 13.0 Å². The van der Waals surface area contributed by atoms with E-state index in [1.54, 1.807) is 6.92 Å². The van der Waals surface area contributed by atoms with Crippen molar-refractivity contribution in [3.05, 3.63) is 65.7 Å². The predicted octanol–water partition coefficient (Wildman–Crippen LogP) is 3.89. The van der Waals surface area contributed by atoms with Gasteiger partial charge in [-0.25, -0.2) is 17.2 Å². The Hall–Kier alpha value is -3.01. The van der Waals surface area contributed by atoms with Crippen LogP contribution >= 0.6 is 0 Å². The standard InChI is InChI=1S/C26H35F2N3O4S/c1-19(25(33)29-26(2,3)4)30(17-15-20-10-7-6-8-11-20)24(32)12-9-16-31(36(5,34)35)21-13-14-22(27)23(28)18-21/h6-8,10-11,13-14,18-19H,9,12,15-17H2,1-5H3,(H,29,33). The Labute approximate surface area is 212 Å². The normalized spacial score (nSPS) is 12.6.